The maximum absolute atomic E-state index is 4.70. The fraction of sp³-hybridized carbons (Fsp3) is 0. The van der Waals surface area contributed by atoms with E-state index in [0.717, 1.165) is 0 Å². The first-order chi connectivity index (χ1) is 4.41. The summed E-state index contributed by atoms with van der Waals surface area (Å²) in [7, 11) is 9.40. The molecule has 0 aliphatic rings. The quantitative estimate of drug-likeness (QED) is 0.470. The first-order valence-electron chi connectivity index (χ1n) is 2.01. The van der Waals surface area contributed by atoms with Crippen molar-refractivity contribution in [3.8, 4) is 0 Å². The number of pyridine rings is 1. The Labute approximate surface area is 68.7 Å². The van der Waals surface area contributed by atoms with Crippen molar-refractivity contribution in [2.75, 3.05) is 0 Å². The molecule has 0 aromatic carbocycles. The molecule has 0 saturated carbocycles. The number of nitrogens with zero attached hydrogens (tertiary/aromatic N) is 1. The first kappa shape index (κ1) is 9.22. The normalized spacial score (nSPS) is 7.78. The van der Waals surface area contributed by atoms with Crippen LogP contribution in [0.25, 0.3) is 0 Å². The van der Waals surface area contributed by atoms with Crippen molar-refractivity contribution in [1.29, 1.82) is 0 Å². The third kappa shape index (κ3) is 8.22. The van der Waals surface area contributed by atoms with E-state index in [9.17, 15) is 0 Å². The third-order valence-electron chi connectivity index (χ3n) is 0.517. The summed E-state index contributed by atoms with van der Waals surface area (Å²) in [5, 5.41) is 0. The Morgan fingerprint density at radius 2 is 2.00 bits per heavy atom. The van der Waals surface area contributed by atoms with Gasteiger partial charge in [-0.3, -0.25) is 0 Å². The van der Waals surface area contributed by atoms with E-state index in [1.807, 2.05) is 12.1 Å². The molecule has 0 N–H and O–H groups in total. The summed E-state index contributed by atoms with van der Waals surface area (Å²) < 4.78 is 0. The second kappa shape index (κ2) is 8.22. The molecule has 0 aliphatic carbocycles. The Balaban J connectivity index is 0.000000187. The minimum absolute atomic E-state index is 0.569. The molecule has 53 valence electrons. The standard InChI is InChI=1S/C5H4N.2ClH.Ni/c1-2-4-6-5-3-1;;;/h1-4H;2*1H;/q-1;;;+3/p-2. The minimum atomic E-state index is 0.569. The van der Waals surface area contributed by atoms with Gasteiger partial charge in [0.1, 0.15) is 0 Å². The second-order valence-corrected chi connectivity index (χ2v) is 2.64. The van der Waals surface area contributed by atoms with E-state index >= 15 is 0 Å². The van der Waals surface area contributed by atoms with Gasteiger partial charge in [0.15, 0.2) is 0 Å². The van der Waals surface area contributed by atoms with Gasteiger partial charge in [0.05, 0.1) is 0 Å². The van der Waals surface area contributed by atoms with Gasteiger partial charge >= 0.3 is 33.0 Å². The van der Waals surface area contributed by atoms with E-state index in [1.165, 1.54) is 0 Å². The van der Waals surface area contributed by atoms with Crippen molar-refractivity contribution < 1.29 is 12.7 Å². The zero-order valence-corrected chi connectivity index (χ0v) is 6.83. The monoisotopic (exact) mass is 206 g/mol. The number of aromatic nitrogens is 1. The van der Waals surface area contributed by atoms with Crippen molar-refractivity contribution in [1.82, 2.24) is 4.98 Å². The molecule has 0 radical (unpaired) electrons. The maximum Gasteiger partial charge on any atom is -0.0813 e. The smallest absolute Gasteiger partial charge is 0.0813 e. The summed E-state index contributed by atoms with van der Waals surface area (Å²) in [6, 6.07) is 5.50. The molecule has 0 atom stereocenters. The Bertz CT molecular complexity index is 97.8. The summed E-state index contributed by atoms with van der Waals surface area (Å²) in [6.07, 6.45) is 4.34. The fourth-order valence-corrected chi connectivity index (χ4v) is 0.277. The predicted molar refractivity (Wildman–Crippen MR) is 34.8 cm³/mol. The van der Waals surface area contributed by atoms with Crippen LogP contribution in [-0.2, 0) is 12.7 Å². The molecule has 1 aromatic heterocycles. The third-order valence-corrected chi connectivity index (χ3v) is 0.517. The molecule has 0 amide bonds. The van der Waals surface area contributed by atoms with Crippen LogP contribution in [0.4, 0.5) is 0 Å². The summed E-state index contributed by atoms with van der Waals surface area (Å²) in [5.74, 6) is 0. The Hall–Kier alpha value is 0.224. The largest absolute Gasteiger partial charge is 0.394 e. The van der Waals surface area contributed by atoms with E-state index in [4.69, 9.17) is 20.4 Å². The molecule has 9 heavy (non-hydrogen) atoms. The Morgan fingerprint density at radius 3 is 2.11 bits per heavy atom. The van der Waals surface area contributed by atoms with Gasteiger partial charge in [-0.25, -0.2) is 0 Å². The van der Waals surface area contributed by atoms with Crippen LogP contribution in [0.5, 0.6) is 0 Å². The van der Waals surface area contributed by atoms with Gasteiger partial charge in [-0.1, -0.05) is 12.4 Å². The minimum Gasteiger partial charge on any atom is -0.394 e. The van der Waals surface area contributed by atoms with Crippen molar-refractivity contribution >= 4 is 20.4 Å². The van der Waals surface area contributed by atoms with Gasteiger partial charge < -0.3 is 4.98 Å². The van der Waals surface area contributed by atoms with Gasteiger partial charge in [0.25, 0.3) is 0 Å². The maximum atomic E-state index is 4.70. The summed E-state index contributed by atoms with van der Waals surface area (Å²) in [5.41, 5.74) is 0. The molecule has 0 spiro atoms. The molecule has 0 unspecified atom stereocenters. The van der Waals surface area contributed by atoms with Crippen LogP contribution >= 0.6 is 20.4 Å². The van der Waals surface area contributed by atoms with E-state index in [2.05, 4.69) is 11.2 Å². The van der Waals surface area contributed by atoms with Crippen molar-refractivity contribution in [2.45, 2.75) is 0 Å². The van der Waals surface area contributed by atoms with Crippen LogP contribution in [0.1, 0.15) is 0 Å². The zero-order valence-electron chi connectivity index (χ0n) is 4.33. The van der Waals surface area contributed by atoms with Crippen molar-refractivity contribution in [3.05, 3.63) is 30.6 Å². The summed E-state index contributed by atoms with van der Waals surface area (Å²) in [6.45, 7) is 0. The first-order valence-corrected chi connectivity index (χ1v) is 4.73. The molecule has 0 saturated heterocycles. The van der Waals surface area contributed by atoms with E-state index in [0.29, 0.717) is 12.7 Å². The van der Waals surface area contributed by atoms with E-state index in [1.54, 1.807) is 12.3 Å². The average molecular weight is 208 g/mol. The van der Waals surface area contributed by atoms with E-state index < -0.39 is 0 Å². The molecule has 4 heteroatoms. The number of hydrogen-bond donors (Lipinski definition) is 0. The van der Waals surface area contributed by atoms with Crippen LogP contribution in [0.2, 0.25) is 0 Å². The molecular weight excluding hydrogens is 204 g/mol. The molecule has 1 heterocycles. The van der Waals surface area contributed by atoms with Crippen molar-refractivity contribution in [2.24, 2.45) is 0 Å². The summed E-state index contributed by atoms with van der Waals surface area (Å²) in [4.78, 5) is 3.66. The molecule has 0 fully saturated rings. The van der Waals surface area contributed by atoms with Crippen LogP contribution in [0, 0.1) is 6.20 Å². The Kier molecular flexibility index (Phi) is 8.43. The van der Waals surface area contributed by atoms with Crippen LogP contribution < -0.4 is 0 Å². The number of halogens is 2. The molecule has 1 aromatic rings. The van der Waals surface area contributed by atoms with Crippen LogP contribution in [-0.4, -0.2) is 4.98 Å². The van der Waals surface area contributed by atoms with Gasteiger partial charge in [0.2, 0.25) is 0 Å². The molecule has 0 bridgehead atoms. The molecule has 1 rings (SSSR count). The SMILES string of the molecule is [Cl][Ni+][Cl].[c-]1ccccn1. The molecule has 1 nitrogen and oxygen atoms in total. The topological polar surface area (TPSA) is 12.9 Å². The zero-order chi connectivity index (χ0) is 6.95. The Morgan fingerprint density at radius 1 is 1.33 bits per heavy atom. The fourth-order valence-electron chi connectivity index (χ4n) is 0.277. The summed E-state index contributed by atoms with van der Waals surface area (Å²) >= 11 is 0.569. The van der Waals surface area contributed by atoms with Gasteiger partial charge in [0, 0.05) is 0 Å². The molecular formula is C5H4Cl2NNi. The molecule has 0 aliphatic heterocycles. The predicted octanol–water partition coefficient (Wildman–Crippen LogP) is 2.26. The van der Waals surface area contributed by atoms with Crippen molar-refractivity contribution in [3.63, 3.8) is 0 Å². The average Bonchev–Trinajstić information content (AvgIpc) is 1.93. The van der Waals surface area contributed by atoms with Crippen LogP contribution in [0.3, 0.4) is 0 Å². The van der Waals surface area contributed by atoms with Gasteiger partial charge in [-0.2, -0.15) is 18.2 Å². The van der Waals surface area contributed by atoms with Gasteiger partial charge in [-0.05, 0) is 0 Å². The number of hydrogen-bond acceptors (Lipinski definition) is 1. The second-order valence-electron chi connectivity index (χ2n) is 1.00. The van der Waals surface area contributed by atoms with Crippen LogP contribution in [0.15, 0.2) is 24.4 Å². The van der Waals surface area contributed by atoms with Gasteiger partial charge in [-0.15, -0.1) is 0 Å². The van der Waals surface area contributed by atoms with E-state index in [-0.39, 0.29) is 0 Å². The number of rotatable bonds is 0.